The molecule has 1 heterocycles. The zero-order valence-electron chi connectivity index (χ0n) is 18.1. The number of rotatable bonds is 7. The summed E-state index contributed by atoms with van der Waals surface area (Å²) < 4.78 is 7.11. The monoisotopic (exact) mass is 527 g/mol. The van der Waals surface area contributed by atoms with E-state index in [1.807, 2.05) is 61.5 Å². The SMILES string of the molecule is CC1(Cc2ccc(Cl)cc2)Cc2cc(C(=O)N(CC(=O)O)Cc3cccc(Br)c3)ccc2O1. The number of carboxylic acids is 1. The highest BCUT2D eigenvalue weighted by Crippen LogP contribution is 2.38. The molecule has 1 unspecified atom stereocenters. The molecule has 1 amide bonds. The van der Waals surface area contributed by atoms with Crippen LogP contribution in [0.25, 0.3) is 0 Å². The lowest BCUT2D eigenvalue weighted by molar-refractivity contribution is -0.137. The van der Waals surface area contributed by atoms with Crippen LogP contribution in [0.3, 0.4) is 0 Å². The van der Waals surface area contributed by atoms with Crippen LogP contribution in [0.5, 0.6) is 5.75 Å². The van der Waals surface area contributed by atoms with Crippen molar-refractivity contribution in [3.05, 3.63) is 98.5 Å². The lowest BCUT2D eigenvalue weighted by atomic mass is 9.91. The lowest BCUT2D eigenvalue weighted by Gasteiger charge is -2.24. The van der Waals surface area contributed by atoms with E-state index in [1.165, 1.54) is 4.90 Å². The number of hydrogen-bond acceptors (Lipinski definition) is 3. The van der Waals surface area contributed by atoms with Crippen LogP contribution >= 0.6 is 27.5 Å². The average Bonchev–Trinajstić information content (AvgIpc) is 3.09. The molecule has 0 fully saturated rings. The number of halogens is 2. The van der Waals surface area contributed by atoms with Gasteiger partial charge in [-0.3, -0.25) is 9.59 Å². The van der Waals surface area contributed by atoms with Gasteiger partial charge in [-0.1, -0.05) is 51.8 Å². The first-order valence-corrected chi connectivity index (χ1v) is 11.7. The first-order chi connectivity index (χ1) is 15.7. The summed E-state index contributed by atoms with van der Waals surface area (Å²) in [7, 11) is 0. The fourth-order valence-electron chi connectivity index (χ4n) is 4.19. The zero-order valence-corrected chi connectivity index (χ0v) is 20.4. The Morgan fingerprint density at radius 3 is 2.55 bits per heavy atom. The van der Waals surface area contributed by atoms with Gasteiger partial charge in [-0.05, 0) is 66.1 Å². The van der Waals surface area contributed by atoms with Crippen molar-refractivity contribution in [2.75, 3.05) is 6.54 Å². The average molecular weight is 529 g/mol. The predicted molar refractivity (Wildman–Crippen MR) is 131 cm³/mol. The number of nitrogens with zero attached hydrogens (tertiary/aromatic N) is 1. The molecule has 0 bridgehead atoms. The molecule has 3 aromatic rings. The van der Waals surface area contributed by atoms with Gasteiger partial charge in [0.25, 0.3) is 5.91 Å². The third kappa shape index (κ3) is 5.75. The van der Waals surface area contributed by atoms with Gasteiger partial charge in [-0.15, -0.1) is 0 Å². The summed E-state index contributed by atoms with van der Waals surface area (Å²) in [5.41, 5.74) is 2.92. The highest BCUT2D eigenvalue weighted by Gasteiger charge is 2.35. The van der Waals surface area contributed by atoms with Crippen molar-refractivity contribution in [2.24, 2.45) is 0 Å². The summed E-state index contributed by atoms with van der Waals surface area (Å²) in [6, 6.07) is 20.5. The fourth-order valence-corrected chi connectivity index (χ4v) is 4.76. The molecule has 1 aliphatic rings. The number of amides is 1. The molecule has 5 nitrogen and oxygen atoms in total. The molecular formula is C26H23BrClNO4. The number of ether oxygens (including phenoxy) is 1. The predicted octanol–water partition coefficient (Wildman–Crippen LogP) is 5.77. The van der Waals surface area contributed by atoms with E-state index >= 15 is 0 Å². The molecule has 0 radical (unpaired) electrons. The van der Waals surface area contributed by atoms with Crippen molar-refractivity contribution in [1.82, 2.24) is 4.90 Å². The number of carboxylic acid groups (broad SMARTS) is 1. The van der Waals surface area contributed by atoms with Crippen LogP contribution in [0, 0.1) is 0 Å². The Balaban J connectivity index is 1.53. The van der Waals surface area contributed by atoms with Crippen LogP contribution in [0.4, 0.5) is 0 Å². The Hall–Kier alpha value is -2.83. The van der Waals surface area contributed by atoms with Crippen molar-refractivity contribution >= 4 is 39.4 Å². The number of carbonyl (C=O) groups excluding carboxylic acids is 1. The second-order valence-corrected chi connectivity index (χ2v) is 9.89. The van der Waals surface area contributed by atoms with Gasteiger partial charge in [0, 0.05) is 34.4 Å². The molecule has 0 aliphatic carbocycles. The maximum atomic E-state index is 13.3. The van der Waals surface area contributed by atoms with Gasteiger partial charge in [-0.25, -0.2) is 0 Å². The van der Waals surface area contributed by atoms with E-state index in [9.17, 15) is 14.7 Å². The van der Waals surface area contributed by atoms with Crippen LogP contribution in [0.1, 0.15) is 34.0 Å². The molecule has 0 aromatic heterocycles. The molecule has 0 saturated heterocycles. The number of carbonyl (C=O) groups is 2. The maximum Gasteiger partial charge on any atom is 0.323 e. The normalized spacial score (nSPS) is 16.7. The molecule has 1 atom stereocenters. The smallest absolute Gasteiger partial charge is 0.323 e. The second-order valence-electron chi connectivity index (χ2n) is 8.54. The number of hydrogen-bond donors (Lipinski definition) is 1. The molecule has 1 N–H and O–H groups in total. The first kappa shape index (κ1) is 23.3. The number of aliphatic carboxylic acids is 1. The largest absolute Gasteiger partial charge is 0.487 e. The highest BCUT2D eigenvalue weighted by atomic mass is 79.9. The first-order valence-electron chi connectivity index (χ1n) is 10.5. The standard InChI is InChI=1S/C26H23BrClNO4/c1-26(13-17-5-8-22(28)9-6-17)14-20-12-19(7-10-23(20)33-26)25(32)29(16-24(30)31)15-18-3-2-4-21(27)11-18/h2-12H,13-16H2,1H3,(H,30,31). The van der Waals surface area contributed by atoms with E-state index in [0.29, 0.717) is 23.4 Å². The van der Waals surface area contributed by atoms with Gasteiger partial charge in [0.15, 0.2) is 0 Å². The summed E-state index contributed by atoms with van der Waals surface area (Å²) in [5.74, 6) is -0.635. The van der Waals surface area contributed by atoms with Crippen molar-refractivity contribution in [3.63, 3.8) is 0 Å². The fraction of sp³-hybridized carbons (Fsp3) is 0.231. The van der Waals surface area contributed by atoms with Crippen LogP contribution in [0.2, 0.25) is 5.02 Å². The van der Waals surface area contributed by atoms with Gasteiger partial charge in [0.1, 0.15) is 17.9 Å². The van der Waals surface area contributed by atoms with Crippen LogP contribution in [-0.2, 0) is 24.2 Å². The summed E-state index contributed by atoms with van der Waals surface area (Å²) in [6.45, 7) is 1.87. The van der Waals surface area contributed by atoms with Crippen LogP contribution in [0.15, 0.2) is 71.2 Å². The van der Waals surface area contributed by atoms with Gasteiger partial charge in [0.2, 0.25) is 0 Å². The summed E-state index contributed by atoms with van der Waals surface area (Å²) >= 11 is 9.41. The minimum absolute atomic E-state index is 0.201. The molecule has 33 heavy (non-hydrogen) atoms. The number of fused-ring (bicyclic) bond motifs is 1. The molecule has 0 saturated carbocycles. The topological polar surface area (TPSA) is 66.8 Å². The van der Waals surface area contributed by atoms with Gasteiger partial charge >= 0.3 is 5.97 Å². The Labute approximate surface area is 206 Å². The molecule has 170 valence electrons. The molecule has 4 rings (SSSR count). The minimum Gasteiger partial charge on any atom is -0.487 e. The number of benzene rings is 3. The van der Waals surface area contributed by atoms with Crippen LogP contribution in [-0.4, -0.2) is 34.0 Å². The lowest BCUT2D eigenvalue weighted by Crippen LogP contribution is -2.35. The maximum absolute atomic E-state index is 13.3. The van der Waals surface area contributed by atoms with Crippen molar-refractivity contribution in [1.29, 1.82) is 0 Å². The van der Waals surface area contributed by atoms with E-state index < -0.39 is 11.6 Å². The summed E-state index contributed by atoms with van der Waals surface area (Å²) in [6.07, 6.45) is 1.35. The van der Waals surface area contributed by atoms with Gasteiger partial charge in [-0.2, -0.15) is 0 Å². The van der Waals surface area contributed by atoms with E-state index in [4.69, 9.17) is 16.3 Å². The van der Waals surface area contributed by atoms with Crippen molar-refractivity contribution in [2.45, 2.75) is 31.9 Å². The van der Waals surface area contributed by atoms with Gasteiger partial charge in [0.05, 0.1) is 0 Å². The molecule has 7 heteroatoms. The Bertz CT molecular complexity index is 1200. The second kappa shape index (κ2) is 9.57. The van der Waals surface area contributed by atoms with Crippen molar-refractivity contribution < 1.29 is 19.4 Å². The highest BCUT2D eigenvalue weighted by molar-refractivity contribution is 9.10. The Morgan fingerprint density at radius 1 is 1.09 bits per heavy atom. The molecule has 1 aliphatic heterocycles. The molecule has 0 spiro atoms. The third-order valence-corrected chi connectivity index (χ3v) is 6.34. The van der Waals surface area contributed by atoms with E-state index in [2.05, 4.69) is 15.9 Å². The van der Waals surface area contributed by atoms with Crippen molar-refractivity contribution in [3.8, 4) is 5.75 Å². The molecule has 3 aromatic carbocycles. The van der Waals surface area contributed by atoms with Gasteiger partial charge < -0.3 is 14.7 Å². The van der Waals surface area contributed by atoms with E-state index in [0.717, 1.165) is 26.9 Å². The summed E-state index contributed by atoms with van der Waals surface area (Å²) in [5, 5.41) is 10.1. The summed E-state index contributed by atoms with van der Waals surface area (Å²) in [4.78, 5) is 26.0. The van der Waals surface area contributed by atoms with E-state index in [1.54, 1.807) is 12.1 Å². The minimum atomic E-state index is -1.06. The Morgan fingerprint density at radius 2 is 1.85 bits per heavy atom. The Kier molecular flexibility index (Phi) is 6.77. The van der Waals surface area contributed by atoms with E-state index in [-0.39, 0.29) is 19.0 Å². The quantitative estimate of drug-likeness (QED) is 0.423. The molecular weight excluding hydrogens is 506 g/mol. The van der Waals surface area contributed by atoms with Crippen LogP contribution < -0.4 is 4.74 Å². The third-order valence-electron chi connectivity index (χ3n) is 5.60. The zero-order chi connectivity index (χ0) is 23.6.